The summed E-state index contributed by atoms with van der Waals surface area (Å²) < 4.78 is 21.2. The molecule has 0 bridgehead atoms. The summed E-state index contributed by atoms with van der Waals surface area (Å²) in [5.41, 5.74) is 6.88. The molecule has 20 heavy (non-hydrogen) atoms. The first-order valence-electron chi connectivity index (χ1n) is 6.10. The minimum absolute atomic E-state index is 0.178. The van der Waals surface area contributed by atoms with E-state index in [1.807, 2.05) is 31.2 Å². The zero-order valence-electron chi connectivity index (χ0n) is 10.8. The van der Waals surface area contributed by atoms with Crippen molar-refractivity contribution in [3.05, 3.63) is 62.8 Å². The molecule has 106 valence electrons. The largest absolute Gasteiger partial charge is 0.481 e. The van der Waals surface area contributed by atoms with Crippen molar-refractivity contribution in [2.45, 2.75) is 19.1 Å². The summed E-state index contributed by atoms with van der Waals surface area (Å²) in [4.78, 5) is 0. The van der Waals surface area contributed by atoms with Gasteiger partial charge in [0.1, 0.15) is 6.10 Å². The predicted octanol–water partition coefficient (Wildman–Crippen LogP) is 4.82. The lowest BCUT2D eigenvalue weighted by molar-refractivity contribution is 0.172. The highest BCUT2D eigenvalue weighted by molar-refractivity contribution is 9.10. The molecular formula is C15H14Br2FNO. The quantitative estimate of drug-likeness (QED) is 0.795. The summed E-state index contributed by atoms with van der Waals surface area (Å²) >= 11 is 6.78. The van der Waals surface area contributed by atoms with E-state index < -0.39 is 11.9 Å². The van der Waals surface area contributed by atoms with E-state index in [0.29, 0.717) is 0 Å². The van der Waals surface area contributed by atoms with E-state index >= 15 is 0 Å². The molecule has 2 rings (SSSR count). The maximum Gasteiger partial charge on any atom is 0.165 e. The molecule has 2 aromatic rings. The number of rotatable bonds is 4. The Balaban J connectivity index is 2.36. The normalized spacial score (nSPS) is 13.8. The molecule has 0 fully saturated rings. The molecule has 0 saturated carbocycles. The SMILES string of the molecule is CC(N)C(Oc1cc(Br)ccc1F)c1ccccc1Br. The summed E-state index contributed by atoms with van der Waals surface area (Å²) in [6, 6.07) is 11.9. The van der Waals surface area contributed by atoms with E-state index in [2.05, 4.69) is 31.9 Å². The van der Waals surface area contributed by atoms with Crippen LogP contribution in [0.2, 0.25) is 0 Å². The van der Waals surface area contributed by atoms with Crippen LogP contribution in [0.5, 0.6) is 5.75 Å². The first-order valence-corrected chi connectivity index (χ1v) is 7.69. The number of ether oxygens (including phenoxy) is 1. The summed E-state index contributed by atoms with van der Waals surface area (Å²) in [6.45, 7) is 1.83. The van der Waals surface area contributed by atoms with Gasteiger partial charge in [-0.3, -0.25) is 0 Å². The fourth-order valence-electron chi connectivity index (χ4n) is 1.86. The second-order valence-corrected chi connectivity index (χ2v) is 6.26. The lowest BCUT2D eigenvalue weighted by Gasteiger charge is -2.24. The van der Waals surface area contributed by atoms with Gasteiger partial charge in [-0.2, -0.15) is 0 Å². The molecule has 0 aliphatic rings. The molecule has 2 nitrogen and oxygen atoms in total. The molecule has 5 heteroatoms. The number of nitrogens with two attached hydrogens (primary N) is 1. The van der Waals surface area contributed by atoms with Crippen LogP contribution >= 0.6 is 31.9 Å². The zero-order chi connectivity index (χ0) is 14.7. The van der Waals surface area contributed by atoms with E-state index in [0.717, 1.165) is 14.5 Å². The van der Waals surface area contributed by atoms with Gasteiger partial charge in [0.2, 0.25) is 0 Å². The molecule has 2 atom stereocenters. The fraction of sp³-hybridized carbons (Fsp3) is 0.200. The molecule has 0 amide bonds. The minimum atomic E-state index is -0.436. The molecule has 0 spiro atoms. The van der Waals surface area contributed by atoms with Gasteiger partial charge in [-0.25, -0.2) is 4.39 Å². The molecule has 0 radical (unpaired) electrons. The van der Waals surface area contributed by atoms with Crippen LogP contribution in [0.1, 0.15) is 18.6 Å². The molecule has 0 aliphatic heterocycles. The third-order valence-corrected chi connectivity index (χ3v) is 4.05. The summed E-state index contributed by atoms with van der Waals surface area (Å²) in [5, 5.41) is 0. The van der Waals surface area contributed by atoms with Crippen molar-refractivity contribution in [1.29, 1.82) is 0 Å². The van der Waals surface area contributed by atoms with Gasteiger partial charge in [0, 0.05) is 20.6 Å². The summed E-state index contributed by atoms with van der Waals surface area (Å²) in [7, 11) is 0. The Labute approximate surface area is 134 Å². The Morgan fingerprint density at radius 2 is 1.85 bits per heavy atom. The van der Waals surface area contributed by atoms with Crippen LogP contribution in [0.25, 0.3) is 0 Å². The highest BCUT2D eigenvalue weighted by Gasteiger charge is 2.22. The number of hydrogen-bond donors (Lipinski definition) is 1. The molecule has 0 saturated heterocycles. The highest BCUT2D eigenvalue weighted by atomic mass is 79.9. The van der Waals surface area contributed by atoms with Crippen molar-refractivity contribution in [2.75, 3.05) is 0 Å². The smallest absolute Gasteiger partial charge is 0.165 e. The van der Waals surface area contributed by atoms with Crippen LogP contribution in [0.4, 0.5) is 4.39 Å². The summed E-state index contributed by atoms with van der Waals surface area (Å²) in [6.07, 6.45) is -0.436. The van der Waals surface area contributed by atoms with Crippen molar-refractivity contribution < 1.29 is 9.13 Å². The van der Waals surface area contributed by atoms with Crippen LogP contribution in [-0.2, 0) is 0 Å². The molecular weight excluding hydrogens is 389 g/mol. The van der Waals surface area contributed by atoms with Gasteiger partial charge in [0.05, 0.1) is 0 Å². The topological polar surface area (TPSA) is 35.2 Å². The predicted molar refractivity (Wildman–Crippen MR) is 85.3 cm³/mol. The Morgan fingerprint density at radius 3 is 2.50 bits per heavy atom. The van der Waals surface area contributed by atoms with Crippen molar-refractivity contribution in [3.8, 4) is 5.75 Å². The van der Waals surface area contributed by atoms with Gasteiger partial charge in [0.25, 0.3) is 0 Å². The Kier molecular flexibility index (Phi) is 5.18. The molecule has 2 unspecified atom stereocenters. The van der Waals surface area contributed by atoms with E-state index in [1.54, 1.807) is 12.1 Å². The molecule has 0 aromatic heterocycles. The van der Waals surface area contributed by atoms with E-state index in [4.69, 9.17) is 10.5 Å². The summed E-state index contributed by atoms with van der Waals surface area (Å²) in [5.74, 6) is -0.233. The number of halogens is 3. The molecule has 0 heterocycles. The van der Waals surface area contributed by atoms with E-state index in [-0.39, 0.29) is 11.8 Å². The fourth-order valence-corrected chi connectivity index (χ4v) is 2.71. The second kappa shape index (κ2) is 6.70. The number of hydrogen-bond acceptors (Lipinski definition) is 2. The number of benzene rings is 2. The van der Waals surface area contributed by atoms with E-state index in [1.165, 1.54) is 6.07 Å². The standard InChI is InChI=1S/C15H14Br2FNO/c1-9(19)15(11-4-2-3-5-12(11)17)20-14-8-10(16)6-7-13(14)18/h2-9,15H,19H2,1H3. The highest BCUT2D eigenvalue weighted by Crippen LogP contribution is 2.32. The van der Waals surface area contributed by atoms with E-state index in [9.17, 15) is 4.39 Å². The first kappa shape index (κ1) is 15.5. The van der Waals surface area contributed by atoms with Crippen molar-refractivity contribution in [2.24, 2.45) is 5.73 Å². The van der Waals surface area contributed by atoms with Crippen LogP contribution in [-0.4, -0.2) is 6.04 Å². The monoisotopic (exact) mass is 401 g/mol. The maximum absolute atomic E-state index is 13.8. The van der Waals surface area contributed by atoms with Gasteiger partial charge in [-0.05, 0) is 31.2 Å². The minimum Gasteiger partial charge on any atom is -0.481 e. The van der Waals surface area contributed by atoms with Crippen molar-refractivity contribution >= 4 is 31.9 Å². The average molecular weight is 403 g/mol. The zero-order valence-corrected chi connectivity index (χ0v) is 14.0. The van der Waals surface area contributed by atoms with Gasteiger partial charge in [-0.15, -0.1) is 0 Å². The third-order valence-electron chi connectivity index (χ3n) is 2.84. The Bertz CT molecular complexity index is 604. The van der Waals surface area contributed by atoms with Gasteiger partial charge < -0.3 is 10.5 Å². The second-order valence-electron chi connectivity index (χ2n) is 4.49. The maximum atomic E-state index is 13.8. The van der Waals surface area contributed by atoms with Crippen molar-refractivity contribution in [1.82, 2.24) is 0 Å². The third kappa shape index (κ3) is 3.59. The van der Waals surface area contributed by atoms with Crippen LogP contribution in [0.3, 0.4) is 0 Å². The Morgan fingerprint density at radius 1 is 1.15 bits per heavy atom. The van der Waals surface area contributed by atoms with Crippen LogP contribution < -0.4 is 10.5 Å². The van der Waals surface area contributed by atoms with Gasteiger partial charge >= 0.3 is 0 Å². The van der Waals surface area contributed by atoms with Crippen LogP contribution in [0.15, 0.2) is 51.4 Å². The average Bonchev–Trinajstić information content (AvgIpc) is 2.40. The Hall–Kier alpha value is -0.910. The molecule has 0 aliphatic carbocycles. The van der Waals surface area contributed by atoms with Crippen molar-refractivity contribution in [3.63, 3.8) is 0 Å². The lowest BCUT2D eigenvalue weighted by atomic mass is 10.0. The van der Waals surface area contributed by atoms with Crippen LogP contribution in [0, 0.1) is 5.82 Å². The first-order chi connectivity index (χ1) is 9.49. The lowest BCUT2D eigenvalue weighted by Crippen LogP contribution is -2.29. The molecule has 2 N–H and O–H groups in total. The van der Waals surface area contributed by atoms with Gasteiger partial charge in [0.15, 0.2) is 11.6 Å². The van der Waals surface area contributed by atoms with Gasteiger partial charge in [-0.1, -0.05) is 50.1 Å². The molecule has 2 aromatic carbocycles.